The van der Waals surface area contributed by atoms with Crippen molar-refractivity contribution in [2.24, 2.45) is 5.92 Å². The third kappa shape index (κ3) is 3.78. The predicted octanol–water partition coefficient (Wildman–Crippen LogP) is 2.45. The van der Waals surface area contributed by atoms with Crippen molar-refractivity contribution in [1.29, 1.82) is 0 Å². The highest BCUT2D eigenvalue weighted by molar-refractivity contribution is 7.03. The van der Waals surface area contributed by atoms with Gasteiger partial charge in [-0.3, -0.25) is 4.90 Å². The molecule has 150 valence electrons. The second kappa shape index (κ2) is 8.02. The highest BCUT2D eigenvalue weighted by Crippen LogP contribution is 2.39. The van der Waals surface area contributed by atoms with Crippen molar-refractivity contribution < 1.29 is 9.47 Å². The van der Waals surface area contributed by atoms with Crippen LogP contribution < -0.4 is 5.32 Å². The fourth-order valence-electron chi connectivity index (χ4n) is 4.63. The number of hydrogen-bond acceptors (Lipinski definition) is 8. The SMILES string of the molecule is c1nscc1CN1CC[C@]2(COCc3cnc(NCC4CCOCC4)nc32)C1. The van der Waals surface area contributed by atoms with Crippen LogP contribution in [-0.4, -0.2) is 58.7 Å². The van der Waals surface area contributed by atoms with Crippen molar-refractivity contribution in [3.05, 3.63) is 34.6 Å². The Balaban J connectivity index is 1.30. The fourth-order valence-corrected chi connectivity index (χ4v) is 5.16. The van der Waals surface area contributed by atoms with Gasteiger partial charge in [0.1, 0.15) is 0 Å². The quantitative estimate of drug-likeness (QED) is 0.825. The molecule has 3 aliphatic rings. The van der Waals surface area contributed by atoms with E-state index in [9.17, 15) is 0 Å². The number of aromatic nitrogens is 3. The molecule has 0 aromatic carbocycles. The summed E-state index contributed by atoms with van der Waals surface area (Å²) in [6, 6.07) is 0. The lowest BCUT2D eigenvalue weighted by molar-refractivity contribution is 0.0503. The van der Waals surface area contributed by atoms with E-state index in [0.29, 0.717) is 12.5 Å². The summed E-state index contributed by atoms with van der Waals surface area (Å²) in [6.07, 6.45) is 7.24. The molecule has 0 bridgehead atoms. The summed E-state index contributed by atoms with van der Waals surface area (Å²) in [6.45, 7) is 7.01. The Bertz CT molecular complexity index is 796. The second-order valence-corrected chi connectivity index (χ2v) is 8.93. The zero-order chi connectivity index (χ0) is 18.8. The number of nitrogens with one attached hydrogen (secondary N) is 1. The number of likely N-dealkylation sites (tertiary alicyclic amines) is 1. The summed E-state index contributed by atoms with van der Waals surface area (Å²) >= 11 is 1.52. The van der Waals surface area contributed by atoms with Crippen LogP contribution in [0.25, 0.3) is 0 Å². The molecule has 0 saturated carbocycles. The average Bonchev–Trinajstić information content (AvgIpc) is 3.39. The molecule has 0 radical (unpaired) electrons. The van der Waals surface area contributed by atoms with Crippen molar-refractivity contribution in [3.63, 3.8) is 0 Å². The van der Waals surface area contributed by atoms with Gasteiger partial charge in [-0.15, -0.1) is 0 Å². The van der Waals surface area contributed by atoms with Gasteiger partial charge < -0.3 is 14.8 Å². The Labute approximate surface area is 169 Å². The number of fused-ring (bicyclic) bond motifs is 2. The minimum absolute atomic E-state index is 0.0188. The molecule has 0 aliphatic carbocycles. The minimum atomic E-state index is -0.0188. The van der Waals surface area contributed by atoms with Crippen molar-refractivity contribution in [1.82, 2.24) is 19.2 Å². The van der Waals surface area contributed by atoms with Gasteiger partial charge >= 0.3 is 0 Å². The Morgan fingerprint density at radius 1 is 1.25 bits per heavy atom. The molecule has 2 fully saturated rings. The van der Waals surface area contributed by atoms with E-state index in [2.05, 4.69) is 25.0 Å². The number of nitrogens with zero attached hydrogens (tertiary/aromatic N) is 4. The van der Waals surface area contributed by atoms with Gasteiger partial charge in [0.05, 0.1) is 24.3 Å². The molecule has 7 nitrogen and oxygen atoms in total. The van der Waals surface area contributed by atoms with E-state index in [0.717, 1.165) is 76.8 Å². The second-order valence-electron chi connectivity index (χ2n) is 8.27. The molecule has 8 heteroatoms. The summed E-state index contributed by atoms with van der Waals surface area (Å²) in [5, 5.41) is 5.62. The molecule has 1 atom stereocenters. The van der Waals surface area contributed by atoms with E-state index < -0.39 is 0 Å². The van der Waals surface area contributed by atoms with Crippen molar-refractivity contribution in [3.8, 4) is 0 Å². The van der Waals surface area contributed by atoms with Gasteiger partial charge in [0.15, 0.2) is 0 Å². The largest absolute Gasteiger partial charge is 0.381 e. The summed E-state index contributed by atoms with van der Waals surface area (Å²) in [4.78, 5) is 12.1. The molecule has 1 spiro atoms. The topological polar surface area (TPSA) is 72.4 Å². The molecule has 28 heavy (non-hydrogen) atoms. The van der Waals surface area contributed by atoms with Crippen LogP contribution in [0.15, 0.2) is 17.8 Å². The number of anilines is 1. The number of ether oxygens (including phenoxy) is 2. The molecule has 2 saturated heterocycles. The Morgan fingerprint density at radius 2 is 2.18 bits per heavy atom. The van der Waals surface area contributed by atoms with Crippen LogP contribution in [0.5, 0.6) is 0 Å². The van der Waals surface area contributed by atoms with Crippen LogP contribution in [0.2, 0.25) is 0 Å². The predicted molar refractivity (Wildman–Crippen MR) is 107 cm³/mol. The third-order valence-corrected chi connectivity index (χ3v) is 6.85. The summed E-state index contributed by atoms with van der Waals surface area (Å²) in [5.41, 5.74) is 3.60. The maximum absolute atomic E-state index is 5.96. The van der Waals surface area contributed by atoms with E-state index in [4.69, 9.17) is 14.5 Å². The summed E-state index contributed by atoms with van der Waals surface area (Å²) in [7, 11) is 0. The first kappa shape index (κ1) is 18.4. The standard InChI is InChI=1S/C20H27N5O2S/c1-5-26-6-2-15(1)7-21-19-22-9-17-11-27-14-20(18(17)24-19)3-4-25(13-20)10-16-8-23-28-12-16/h8-9,12,15H,1-7,10-11,13-14H2,(H,21,22,24)/t20-/m1/s1. The van der Waals surface area contributed by atoms with E-state index >= 15 is 0 Å². The van der Waals surface area contributed by atoms with E-state index in [1.165, 1.54) is 22.8 Å². The highest BCUT2D eigenvalue weighted by Gasteiger charge is 2.44. The molecule has 5 rings (SSSR count). The molecule has 2 aromatic rings. The summed E-state index contributed by atoms with van der Waals surface area (Å²) in [5.74, 6) is 1.40. The van der Waals surface area contributed by atoms with E-state index in [1.807, 2.05) is 12.4 Å². The molecule has 3 aliphatic heterocycles. The van der Waals surface area contributed by atoms with Gasteiger partial charge in [0, 0.05) is 56.2 Å². The fraction of sp³-hybridized carbons (Fsp3) is 0.650. The van der Waals surface area contributed by atoms with Crippen LogP contribution >= 0.6 is 11.5 Å². The van der Waals surface area contributed by atoms with Gasteiger partial charge in [-0.05, 0) is 48.8 Å². The maximum Gasteiger partial charge on any atom is 0.222 e. The number of hydrogen-bond donors (Lipinski definition) is 1. The van der Waals surface area contributed by atoms with Gasteiger partial charge in [-0.25, -0.2) is 14.3 Å². The first-order chi connectivity index (χ1) is 13.8. The molecule has 1 N–H and O–H groups in total. The van der Waals surface area contributed by atoms with Crippen LogP contribution in [-0.2, 0) is 28.0 Å². The van der Waals surface area contributed by atoms with Crippen molar-refractivity contribution in [2.45, 2.75) is 37.8 Å². The summed E-state index contributed by atoms with van der Waals surface area (Å²) < 4.78 is 15.6. The van der Waals surface area contributed by atoms with Crippen molar-refractivity contribution in [2.75, 3.05) is 44.8 Å². The molecular formula is C20H27N5O2S. The lowest BCUT2D eigenvalue weighted by atomic mass is 9.80. The normalized spacial score (nSPS) is 25.9. The zero-order valence-corrected chi connectivity index (χ0v) is 16.9. The lowest BCUT2D eigenvalue weighted by Gasteiger charge is -2.34. The molecule has 5 heterocycles. The van der Waals surface area contributed by atoms with Crippen LogP contribution in [0.3, 0.4) is 0 Å². The van der Waals surface area contributed by atoms with E-state index in [1.54, 1.807) is 0 Å². The van der Waals surface area contributed by atoms with Crippen LogP contribution in [0, 0.1) is 5.92 Å². The Hall–Kier alpha value is -1.61. The van der Waals surface area contributed by atoms with Crippen LogP contribution in [0.1, 0.15) is 36.1 Å². The van der Waals surface area contributed by atoms with Crippen LogP contribution in [0.4, 0.5) is 5.95 Å². The van der Waals surface area contributed by atoms with Crippen molar-refractivity contribution >= 4 is 17.5 Å². The molecule has 0 unspecified atom stereocenters. The van der Waals surface area contributed by atoms with Gasteiger partial charge in [0.25, 0.3) is 0 Å². The highest BCUT2D eigenvalue weighted by atomic mass is 32.1. The van der Waals surface area contributed by atoms with Gasteiger partial charge in [0.2, 0.25) is 5.95 Å². The first-order valence-corrected chi connectivity index (χ1v) is 11.0. The van der Waals surface area contributed by atoms with Gasteiger partial charge in [-0.1, -0.05) is 0 Å². The minimum Gasteiger partial charge on any atom is -0.381 e. The average molecular weight is 402 g/mol. The van der Waals surface area contributed by atoms with E-state index in [-0.39, 0.29) is 5.41 Å². The Morgan fingerprint density at radius 3 is 3.04 bits per heavy atom. The third-order valence-electron chi connectivity index (χ3n) is 6.22. The number of rotatable bonds is 5. The zero-order valence-electron chi connectivity index (χ0n) is 16.1. The first-order valence-electron chi connectivity index (χ1n) is 10.2. The maximum atomic E-state index is 5.96. The Kier molecular flexibility index (Phi) is 5.28. The lowest BCUT2D eigenvalue weighted by Crippen LogP contribution is -2.40. The van der Waals surface area contributed by atoms with Gasteiger partial charge in [-0.2, -0.15) is 0 Å². The monoisotopic (exact) mass is 401 g/mol. The molecule has 0 amide bonds. The smallest absolute Gasteiger partial charge is 0.222 e. The molecule has 2 aromatic heterocycles. The molecular weight excluding hydrogens is 374 g/mol.